The molecule has 2 aliphatic rings. The standard InChI is InChI=1S/C12H15NO4S2.C2H6/c1-2-7-19(15,16)13-12-10-6-4-3-5-9(10)8-11(12)17-18(13)14;1-2/h3-6,11-12H,2,7-8H2,1H3;1-2H3. The number of benzene rings is 1. The van der Waals surface area contributed by atoms with Gasteiger partial charge < -0.3 is 4.55 Å². The van der Waals surface area contributed by atoms with Crippen molar-refractivity contribution >= 4 is 21.7 Å². The Hall–Kier alpha value is -0.600. The van der Waals surface area contributed by atoms with Gasteiger partial charge >= 0.3 is 0 Å². The minimum absolute atomic E-state index is 0.00646. The maximum absolute atomic E-state index is 12.2. The molecule has 1 aliphatic carbocycles. The highest BCUT2D eigenvalue weighted by Gasteiger charge is 2.57. The summed E-state index contributed by atoms with van der Waals surface area (Å²) in [6.07, 6.45) is 0.782. The Labute approximate surface area is 129 Å². The normalized spacial score (nSPS) is 27.7. The van der Waals surface area contributed by atoms with Crippen LogP contribution in [0.4, 0.5) is 0 Å². The fourth-order valence-electron chi connectivity index (χ4n) is 2.73. The van der Waals surface area contributed by atoms with E-state index in [1.165, 1.54) is 0 Å². The van der Waals surface area contributed by atoms with Gasteiger partial charge in [0.2, 0.25) is 11.6 Å². The molecule has 7 heteroatoms. The lowest BCUT2D eigenvalue weighted by atomic mass is 10.1. The third kappa shape index (κ3) is 2.98. The van der Waals surface area contributed by atoms with E-state index in [0.29, 0.717) is 12.8 Å². The zero-order valence-corrected chi connectivity index (χ0v) is 14.1. The quantitative estimate of drug-likeness (QED) is 0.797. The van der Waals surface area contributed by atoms with Crippen molar-refractivity contribution in [2.45, 2.75) is 45.8 Å². The fraction of sp³-hybridized carbons (Fsp3) is 0.571. The van der Waals surface area contributed by atoms with Gasteiger partial charge in [0.1, 0.15) is 12.1 Å². The molecule has 0 amide bonds. The maximum atomic E-state index is 12.2. The Kier molecular flexibility index (Phi) is 5.32. The Bertz CT molecular complexity index is 590. The Balaban J connectivity index is 0.000000774. The lowest BCUT2D eigenvalue weighted by Crippen LogP contribution is -2.36. The number of fused-ring (bicyclic) bond motifs is 3. The van der Waals surface area contributed by atoms with Crippen LogP contribution in [-0.4, -0.2) is 28.5 Å². The zero-order valence-electron chi connectivity index (χ0n) is 12.5. The lowest BCUT2D eigenvalue weighted by Gasteiger charge is -2.18. The first-order chi connectivity index (χ1) is 10.0. The molecule has 3 unspecified atom stereocenters. The van der Waals surface area contributed by atoms with Gasteiger partial charge in [-0.1, -0.05) is 45.0 Å². The van der Waals surface area contributed by atoms with Gasteiger partial charge in [0.15, 0.2) is 0 Å². The third-order valence-corrected chi connectivity index (χ3v) is 7.14. The van der Waals surface area contributed by atoms with E-state index in [-0.39, 0.29) is 11.9 Å². The molecule has 0 N–H and O–H groups in total. The molecule has 1 heterocycles. The number of nitrogens with zero attached hydrogens (tertiary/aromatic N) is 1. The van der Waals surface area contributed by atoms with E-state index in [1.54, 1.807) is 6.92 Å². The third-order valence-electron chi connectivity index (χ3n) is 3.46. The summed E-state index contributed by atoms with van der Waals surface area (Å²) >= 11 is -1.90. The molecule has 118 valence electrons. The Morgan fingerprint density at radius 2 is 2.05 bits per heavy atom. The highest BCUT2D eigenvalue weighted by molar-refractivity contribution is 8.02. The topological polar surface area (TPSA) is 69.7 Å². The van der Waals surface area contributed by atoms with Gasteiger partial charge in [0.25, 0.3) is 10.0 Å². The van der Waals surface area contributed by atoms with E-state index in [9.17, 15) is 13.0 Å². The maximum Gasteiger partial charge on any atom is 0.256 e. The molecule has 0 spiro atoms. The number of rotatable bonds is 3. The van der Waals surface area contributed by atoms with Crippen LogP contribution in [0.2, 0.25) is 0 Å². The van der Waals surface area contributed by atoms with Crippen molar-refractivity contribution < 1.29 is 17.2 Å². The molecule has 5 nitrogen and oxygen atoms in total. The average Bonchev–Trinajstić information content (AvgIpc) is 2.95. The first-order valence-corrected chi connectivity index (χ1v) is 9.87. The smallest absolute Gasteiger partial charge is 0.256 e. The second-order valence-corrected chi connectivity index (χ2v) is 7.99. The summed E-state index contributed by atoms with van der Waals surface area (Å²) in [5.41, 5.74) is 1.99. The highest BCUT2D eigenvalue weighted by Crippen LogP contribution is 2.46. The number of hydrogen-bond donors (Lipinski definition) is 0. The van der Waals surface area contributed by atoms with E-state index in [2.05, 4.69) is 0 Å². The molecule has 3 rings (SSSR count). The second kappa shape index (κ2) is 6.66. The average molecular weight is 331 g/mol. The molecule has 0 bridgehead atoms. The predicted molar refractivity (Wildman–Crippen MR) is 83.2 cm³/mol. The molecule has 1 fully saturated rings. The van der Waals surface area contributed by atoms with E-state index in [4.69, 9.17) is 4.18 Å². The number of hydrogen-bond acceptors (Lipinski definition) is 4. The minimum Gasteiger partial charge on any atom is -0.565 e. The summed E-state index contributed by atoms with van der Waals surface area (Å²) < 4.78 is 42.8. The van der Waals surface area contributed by atoms with Crippen LogP contribution in [0.3, 0.4) is 0 Å². The molecular formula is C14H21NO4S2. The summed E-state index contributed by atoms with van der Waals surface area (Å²) in [4.78, 5) is 0. The summed E-state index contributed by atoms with van der Waals surface area (Å²) in [6, 6.07) is 7.20. The fourth-order valence-corrected chi connectivity index (χ4v) is 5.99. The SMILES string of the molecule is CC.CCCS(=O)(=O)N1C2c3ccccc3CC2O[S+]1[O-]. The summed E-state index contributed by atoms with van der Waals surface area (Å²) in [7, 11) is -3.55. The van der Waals surface area contributed by atoms with Crippen LogP contribution in [0.15, 0.2) is 24.3 Å². The molecule has 1 saturated heterocycles. The van der Waals surface area contributed by atoms with Crippen molar-refractivity contribution in [1.82, 2.24) is 3.71 Å². The number of sulfonamides is 1. The van der Waals surface area contributed by atoms with Gasteiger partial charge in [-0.3, -0.25) is 0 Å². The molecule has 0 saturated carbocycles. The van der Waals surface area contributed by atoms with E-state index >= 15 is 0 Å². The Morgan fingerprint density at radius 1 is 1.38 bits per heavy atom. The molecule has 1 aliphatic heterocycles. The minimum atomic E-state index is -3.55. The van der Waals surface area contributed by atoms with Crippen molar-refractivity contribution in [2.75, 3.05) is 5.75 Å². The van der Waals surface area contributed by atoms with Gasteiger partial charge in [-0.25, -0.2) is 8.42 Å². The van der Waals surface area contributed by atoms with Gasteiger partial charge in [-0.05, 0) is 17.5 Å². The van der Waals surface area contributed by atoms with Crippen LogP contribution >= 0.6 is 0 Å². The molecular weight excluding hydrogens is 310 g/mol. The lowest BCUT2D eigenvalue weighted by molar-refractivity contribution is 0.222. The van der Waals surface area contributed by atoms with Crippen molar-refractivity contribution in [1.29, 1.82) is 0 Å². The largest absolute Gasteiger partial charge is 0.565 e. The summed E-state index contributed by atoms with van der Waals surface area (Å²) in [6.45, 7) is 5.79. The van der Waals surface area contributed by atoms with E-state index in [1.807, 2.05) is 38.1 Å². The first kappa shape index (κ1) is 16.8. The molecule has 21 heavy (non-hydrogen) atoms. The molecule has 3 atom stereocenters. The summed E-state index contributed by atoms with van der Waals surface area (Å²) in [5.74, 6) is -0.00646. The van der Waals surface area contributed by atoms with E-state index < -0.39 is 27.7 Å². The van der Waals surface area contributed by atoms with Gasteiger partial charge in [-0.2, -0.15) is 0 Å². The Morgan fingerprint density at radius 3 is 2.71 bits per heavy atom. The predicted octanol–water partition coefficient (Wildman–Crippen LogP) is 2.33. The van der Waals surface area contributed by atoms with Crippen molar-refractivity contribution in [3.8, 4) is 0 Å². The molecule has 0 aromatic heterocycles. The van der Waals surface area contributed by atoms with Crippen LogP contribution in [0.25, 0.3) is 0 Å². The summed E-state index contributed by atoms with van der Waals surface area (Å²) in [5, 5.41) is 0. The van der Waals surface area contributed by atoms with Gasteiger partial charge in [-0.15, -0.1) is 4.18 Å². The first-order valence-electron chi connectivity index (χ1n) is 7.23. The molecule has 1 aromatic rings. The highest BCUT2D eigenvalue weighted by atomic mass is 32.3. The van der Waals surface area contributed by atoms with Crippen LogP contribution in [0, 0.1) is 0 Å². The van der Waals surface area contributed by atoms with Crippen molar-refractivity contribution in [2.24, 2.45) is 0 Å². The second-order valence-electron chi connectivity index (χ2n) is 4.77. The van der Waals surface area contributed by atoms with E-state index in [0.717, 1.165) is 14.8 Å². The van der Waals surface area contributed by atoms with Crippen LogP contribution < -0.4 is 0 Å². The van der Waals surface area contributed by atoms with Gasteiger partial charge in [0.05, 0.1) is 5.75 Å². The van der Waals surface area contributed by atoms with Crippen LogP contribution in [0.1, 0.15) is 44.4 Å². The molecule has 0 radical (unpaired) electrons. The monoisotopic (exact) mass is 331 g/mol. The van der Waals surface area contributed by atoms with Gasteiger partial charge in [0, 0.05) is 10.1 Å². The zero-order chi connectivity index (χ0) is 15.6. The van der Waals surface area contributed by atoms with Crippen molar-refractivity contribution in [3.63, 3.8) is 0 Å². The van der Waals surface area contributed by atoms with Crippen molar-refractivity contribution in [3.05, 3.63) is 35.4 Å². The van der Waals surface area contributed by atoms with Crippen LogP contribution in [-0.2, 0) is 32.3 Å². The van der Waals surface area contributed by atoms with Crippen LogP contribution in [0.5, 0.6) is 0 Å². The molecule has 1 aromatic carbocycles.